The molecule has 178 valence electrons. The van der Waals surface area contributed by atoms with Crippen LogP contribution in [0.1, 0.15) is 56.1 Å². The molecule has 0 unspecified atom stereocenters. The van der Waals surface area contributed by atoms with Crippen molar-refractivity contribution in [2.24, 2.45) is 10.1 Å². The second-order valence-electron chi connectivity index (χ2n) is 8.31. The highest BCUT2D eigenvalue weighted by Gasteiger charge is 2.31. The maximum atomic E-state index is 10.8. The van der Waals surface area contributed by atoms with Crippen molar-refractivity contribution in [3.8, 4) is 17.2 Å². The van der Waals surface area contributed by atoms with E-state index < -0.39 is 5.97 Å². The van der Waals surface area contributed by atoms with Crippen LogP contribution in [0, 0.1) is 0 Å². The number of nitrogens with one attached hydrogen (secondary N) is 2. The average molecular weight is 457 g/mol. The summed E-state index contributed by atoms with van der Waals surface area (Å²) in [6.07, 6.45) is 6.11. The van der Waals surface area contributed by atoms with E-state index in [0.29, 0.717) is 30.3 Å². The van der Waals surface area contributed by atoms with E-state index in [-0.39, 0.29) is 6.42 Å². The molecule has 9 nitrogen and oxygen atoms in total. The molecule has 1 aliphatic heterocycles. The molecule has 0 spiro atoms. The number of hydrogen-bond acceptors (Lipinski definition) is 8. The summed E-state index contributed by atoms with van der Waals surface area (Å²) in [4.78, 5) is 15.3. The largest absolute Gasteiger partial charge is 0.492 e. The zero-order valence-corrected chi connectivity index (χ0v) is 19.3. The Morgan fingerprint density at radius 3 is 2.70 bits per heavy atom. The molecule has 1 aromatic carbocycles. The lowest BCUT2D eigenvalue weighted by Gasteiger charge is -2.20. The number of carboxylic acids is 1. The molecule has 33 heavy (non-hydrogen) atoms. The number of aryl methyl sites for hydroxylation is 1. The summed E-state index contributed by atoms with van der Waals surface area (Å²) in [5.74, 6) is 1.69. The minimum Gasteiger partial charge on any atom is -0.492 e. The van der Waals surface area contributed by atoms with Gasteiger partial charge in [0.15, 0.2) is 11.5 Å². The number of hydrazone groups is 1. The molecular formula is C24H32N4O5. The molecule has 0 aromatic heterocycles. The van der Waals surface area contributed by atoms with Gasteiger partial charge in [-0.1, -0.05) is 0 Å². The molecule has 2 aliphatic carbocycles. The zero-order valence-electron chi connectivity index (χ0n) is 19.3. The molecule has 1 heterocycles. The van der Waals surface area contributed by atoms with Crippen LogP contribution in [0.3, 0.4) is 0 Å². The molecule has 4 rings (SSSR count). The van der Waals surface area contributed by atoms with Crippen LogP contribution in [0.5, 0.6) is 17.2 Å². The van der Waals surface area contributed by atoms with E-state index in [0.717, 1.165) is 74.4 Å². The number of fused-ring (bicyclic) bond motifs is 2. The molecule has 0 fully saturated rings. The number of ether oxygens (including phenoxy) is 3. The second kappa shape index (κ2) is 10.6. The lowest BCUT2D eigenvalue weighted by Crippen LogP contribution is -2.38. The fraction of sp³-hybridized carbons (Fsp3) is 0.542. The van der Waals surface area contributed by atoms with Gasteiger partial charge < -0.3 is 24.6 Å². The van der Waals surface area contributed by atoms with Gasteiger partial charge in [-0.25, -0.2) is 5.43 Å². The fourth-order valence-electron chi connectivity index (χ4n) is 4.69. The number of guanidine groups is 1. The number of carboxylic acid groups (broad SMARTS) is 1. The predicted molar refractivity (Wildman–Crippen MR) is 126 cm³/mol. The Hall–Kier alpha value is -3.23. The predicted octanol–water partition coefficient (Wildman–Crippen LogP) is 3.13. The van der Waals surface area contributed by atoms with E-state index in [1.165, 1.54) is 11.1 Å². The van der Waals surface area contributed by atoms with Gasteiger partial charge in [-0.05, 0) is 67.7 Å². The Labute approximate surface area is 193 Å². The summed E-state index contributed by atoms with van der Waals surface area (Å²) in [6, 6.07) is 2.02. The summed E-state index contributed by atoms with van der Waals surface area (Å²) in [6.45, 7) is 2.01. The normalized spacial score (nSPS) is 18.6. The summed E-state index contributed by atoms with van der Waals surface area (Å²) in [5.41, 5.74) is 8.93. The van der Waals surface area contributed by atoms with Crippen LogP contribution >= 0.6 is 0 Å². The molecule has 0 bridgehead atoms. The number of benzene rings is 1. The summed E-state index contributed by atoms with van der Waals surface area (Å²) >= 11 is 0. The number of nitrogens with zero attached hydrogens (tertiary/aromatic N) is 2. The number of aliphatic carboxylic acids is 1. The van der Waals surface area contributed by atoms with Crippen molar-refractivity contribution in [2.75, 3.05) is 33.9 Å². The van der Waals surface area contributed by atoms with Gasteiger partial charge in [-0.2, -0.15) is 5.10 Å². The fourth-order valence-corrected chi connectivity index (χ4v) is 4.69. The lowest BCUT2D eigenvalue weighted by atomic mass is 9.95. The third-order valence-corrected chi connectivity index (χ3v) is 6.18. The van der Waals surface area contributed by atoms with E-state index in [2.05, 4.69) is 15.7 Å². The highest BCUT2D eigenvalue weighted by Crippen LogP contribution is 2.50. The number of aliphatic imine (C=N–C) groups is 1. The van der Waals surface area contributed by atoms with Gasteiger partial charge in [-0.15, -0.1) is 0 Å². The first-order valence-corrected chi connectivity index (χ1v) is 11.6. The Balaban J connectivity index is 1.66. The summed E-state index contributed by atoms with van der Waals surface area (Å²) in [7, 11) is 3.25. The number of carbonyl (C=O) groups is 1. The topological polar surface area (TPSA) is 114 Å². The minimum absolute atomic E-state index is 0.0631. The monoisotopic (exact) mass is 456 g/mol. The molecule has 0 saturated carbocycles. The van der Waals surface area contributed by atoms with Crippen LogP contribution in [0.15, 0.2) is 21.7 Å². The third-order valence-electron chi connectivity index (χ3n) is 6.18. The molecule has 3 aliphatic rings. The number of allylic oxidation sites excluding steroid dienone is 2. The molecule has 9 heteroatoms. The molecule has 1 aromatic rings. The van der Waals surface area contributed by atoms with Gasteiger partial charge in [0.2, 0.25) is 11.7 Å². The van der Waals surface area contributed by atoms with Gasteiger partial charge in [0.25, 0.3) is 0 Å². The quantitative estimate of drug-likeness (QED) is 0.407. The number of hydrogen-bond donors (Lipinski definition) is 3. The van der Waals surface area contributed by atoms with E-state index in [1.807, 2.05) is 6.07 Å². The summed E-state index contributed by atoms with van der Waals surface area (Å²) in [5, 5.41) is 16.9. The average Bonchev–Trinajstić information content (AvgIpc) is 3.25. The standard InChI is InChI=1S/C24H32N4O5/c1-31-22-19(33-13-4-8-20(29)30)14-15-9-10-18(27-28-24-25-11-5-12-26-24)16-6-3-7-17(16)21(15)23(22)32-2/h14H,3-13H2,1-2H3,(H,29,30)(H2,25,26,28). The van der Waals surface area contributed by atoms with Crippen LogP contribution in [0.2, 0.25) is 0 Å². The Bertz CT molecular complexity index is 999. The van der Waals surface area contributed by atoms with Gasteiger partial charge in [-0.3, -0.25) is 9.79 Å². The van der Waals surface area contributed by atoms with Crippen LogP contribution in [-0.2, 0) is 11.2 Å². The van der Waals surface area contributed by atoms with Crippen molar-refractivity contribution in [3.05, 3.63) is 22.8 Å². The molecule has 3 N–H and O–H groups in total. The van der Waals surface area contributed by atoms with Gasteiger partial charge in [0.1, 0.15) is 0 Å². The first-order chi connectivity index (χ1) is 16.1. The third kappa shape index (κ3) is 5.07. The number of methoxy groups -OCH3 is 2. The van der Waals surface area contributed by atoms with Crippen molar-refractivity contribution >= 4 is 23.2 Å². The first kappa shape index (κ1) is 22.9. The van der Waals surface area contributed by atoms with Crippen LogP contribution in [0.25, 0.3) is 5.57 Å². The second-order valence-corrected chi connectivity index (χ2v) is 8.31. The molecule has 0 radical (unpaired) electrons. The molecule has 0 saturated heterocycles. The van der Waals surface area contributed by atoms with Crippen molar-refractivity contribution in [2.45, 2.75) is 51.4 Å². The minimum atomic E-state index is -0.833. The first-order valence-electron chi connectivity index (χ1n) is 11.6. The van der Waals surface area contributed by atoms with Gasteiger partial charge >= 0.3 is 5.97 Å². The Kier molecular flexibility index (Phi) is 7.36. The lowest BCUT2D eigenvalue weighted by molar-refractivity contribution is -0.137. The van der Waals surface area contributed by atoms with E-state index in [4.69, 9.17) is 24.4 Å². The number of rotatable bonds is 8. The van der Waals surface area contributed by atoms with Crippen LogP contribution in [0.4, 0.5) is 0 Å². The van der Waals surface area contributed by atoms with Crippen molar-refractivity contribution in [1.82, 2.24) is 10.7 Å². The summed E-state index contributed by atoms with van der Waals surface area (Å²) < 4.78 is 17.5. The molecule has 0 atom stereocenters. The van der Waals surface area contributed by atoms with Gasteiger partial charge in [0, 0.05) is 25.1 Å². The van der Waals surface area contributed by atoms with Crippen LogP contribution in [-0.4, -0.2) is 56.7 Å². The Morgan fingerprint density at radius 1 is 1.15 bits per heavy atom. The SMILES string of the molecule is COc1c(OCCCC(=O)O)cc2c(c1OC)C1=C(CCC1)C(=NNC1=NCCCN1)CC2. The highest BCUT2D eigenvalue weighted by molar-refractivity contribution is 6.09. The van der Waals surface area contributed by atoms with E-state index >= 15 is 0 Å². The van der Waals surface area contributed by atoms with Crippen molar-refractivity contribution in [1.29, 1.82) is 0 Å². The molecule has 0 amide bonds. The van der Waals surface area contributed by atoms with Crippen molar-refractivity contribution in [3.63, 3.8) is 0 Å². The molecular weight excluding hydrogens is 424 g/mol. The zero-order chi connectivity index (χ0) is 23.2. The van der Waals surface area contributed by atoms with Gasteiger partial charge in [0.05, 0.1) is 26.5 Å². The maximum Gasteiger partial charge on any atom is 0.303 e. The van der Waals surface area contributed by atoms with Crippen molar-refractivity contribution < 1.29 is 24.1 Å². The van der Waals surface area contributed by atoms with Crippen LogP contribution < -0.4 is 25.0 Å². The Morgan fingerprint density at radius 2 is 1.97 bits per heavy atom. The van der Waals surface area contributed by atoms with E-state index in [9.17, 15) is 4.79 Å². The highest BCUT2D eigenvalue weighted by atomic mass is 16.5. The maximum absolute atomic E-state index is 10.8. The smallest absolute Gasteiger partial charge is 0.303 e. The van der Waals surface area contributed by atoms with E-state index in [1.54, 1.807) is 14.2 Å².